The molecule has 1 fully saturated rings. The highest BCUT2D eigenvalue weighted by Gasteiger charge is 2.34. The van der Waals surface area contributed by atoms with E-state index in [9.17, 15) is 27.9 Å². The van der Waals surface area contributed by atoms with Crippen LogP contribution in [-0.4, -0.2) is 47.1 Å². The fourth-order valence-corrected chi connectivity index (χ4v) is 3.31. The van der Waals surface area contributed by atoms with Gasteiger partial charge < -0.3 is 25.8 Å². The Morgan fingerprint density at radius 1 is 1.12 bits per heavy atom. The van der Waals surface area contributed by atoms with Crippen molar-refractivity contribution in [1.82, 2.24) is 10.2 Å². The van der Waals surface area contributed by atoms with Crippen molar-refractivity contribution in [2.24, 2.45) is 5.73 Å². The third-order valence-electron chi connectivity index (χ3n) is 4.92. The fourth-order valence-electron chi connectivity index (χ4n) is 3.31. The van der Waals surface area contributed by atoms with E-state index in [1.54, 1.807) is 0 Å². The molecule has 5 N–H and O–H groups in total. The van der Waals surface area contributed by atoms with Crippen molar-refractivity contribution in [3.63, 3.8) is 0 Å². The predicted octanol–water partition coefficient (Wildman–Crippen LogP) is 2.74. The van der Waals surface area contributed by atoms with Crippen LogP contribution in [0.2, 0.25) is 0 Å². The van der Waals surface area contributed by atoms with Crippen molar-refractivity contribution in [2.45, 2.75) is 25.7 Å². The minimum Gasteiger partial charge on any atom is -0.508 e. The number of likely N-dealkylation sites (tertiary alicyclic amines) is 1. The van der Waals surface area contributed by atoms with Crippen molar-refractivity contribution < 1.29 is 32.6 Å². The number of hydrogen-bond acceptors (Lipinski definition) is 5. The van der Waals surface area contributed by atoms with E-state index in [1.807, 2.05) is 0 Å². The number of nitrogens with one attached hydrogen (secondary N) is 2. The molecule has 170 valence electrons. The average Bonchev–Trinajstić information content (AvgIpc) is 3.26. The molecule has 0 atom stereocenters. The quantitative estimate of drug-likeness (QED) is 0.397. The summed E-state index contributed by atoms with van der Waals surface area (Å²) in [5, 5.41) is 19.8. The Balaban J connectivity index is 1.82. The second kappa shape index (κ2) is 9.16. The number of nitrogens with zero attached hydrogens (tertiary/aromatic N) is 1. The summed E-state index contributed by atoms with van der Waals surface area (Å²) < 4.78 is 42.7. The number of amides is 2. The number of alkyl halides is 3. The van der Waals surface area contributed by atoms with Crippen molar-refractivity contribution in [1.29, 1.82) is 5.41 Å². The number of phenolic OH excluding ortho intramolecular Hbond substituents is 1. The maximum Gasteiger partial charge on any atom is 0.573 e. The lowest BCUT2D eigenvalue weighted by atomic mass is 10.1. The normalized spacial score (nSPS) is 13.7. The topological polar surface area (TPSA) is 129 Å². The van der Waals surface area contributed by atoms with E-state index in [1.165, 1.54) is 29.2 Å². The molecule has 2 amide bonds. The summed E-state index contributed by atoms with van der Waals surface area (Å²) in [6.45, 7) is 0.709. The maximum atomic E-state index is 12.9. The molecule has 0 radical (unpaired) electrons. The van der Waals surface area contributed by atoms with E-state index in [0.29, 0.717) is 18.7 Å². The third kappa shape index (κ3) is 5.48. The first-order valence-electron chi connectivity index (χ1n) is 9.68. The number of aromatic hydroxyl groups is 1. The zero-order chi connectivity index (χ0) is 23.5. The number of amidine groups is 1. The zero-order valence-corrected chi connectivity index (χ0v) is 16.8. The van der Waals surface area contributed by atoms with Crippen molar-refractivity contribution in [2.75, 3.05) is 13.1 Å². The van der Waals surface area contributed by atoms with Crippen LogP contribution in [0.1, 0.15) is 44.7 Å². The molecule has 0 unspecified atom stereocenters. The lowest BCUT2D eigenvalue weighted by Crippen LogP contribution is -2.29. The van der Waals surface area contributed by atoms with Crippen molar-refractivity contribution in [3.8, 4) is 11.5 Å². The number of halogens is 3. The maximum absolute atomic E-state index is 12.9. The molecule has 1 saturated heterocycles. The Morgan fingerprint density at radius 2 is 1.78 bits per heavy atom. The number of carbonyl (C=O) groups excluding carboxylic acids is 2. The first kappa shape index (κ1) is 22.9. The van der Waals surface area contributed by atoms with E-state index in [2.05, 4.69) is 10.1 Å². The van der Waals surface area contributed by atoms with Gasteiger partial charge in [0, 0.05) is 36.3 Å². The van der Waals surface area contributed by atoms with Gasteiger partial charge in [0.1, 0.15) is 17.3 Å². The summed E-state index contributed by atoms with van der Waals surface area (Å²) in [6.07, 6.45) is -3.52. The van der Waals surface area contributed by atoms with Gasteiger partial charge in [-0.15, -0.1) is 13.2 Å². The molecule has 1 aliphatic rings. The Bertz CT molecular complexity index is 1050. The molecule has 0 aromatic heterocycles. The van der Waals surface area contributed by atoms with E-state index in [-0.39, 0.29) is 34.8 Å². The highest BCUT2D eigenvalue weighted by atomic mass is 19.4. The summed E-state index contributed by atoms with van der Waals surface area (Å²) in [7, 11) is 0. The van der Waals surface area contributed by atoms with Gasteiger partial charge in [-0.3, -0.25) is 15.0 Å². The Morgan fingerprint density at radius 3 is 2.41 bits per heavy atom. The molecule has 8 nitrogen and oxygen atoms in total. The molecule has 0 spiro atoms. The van der Waals surface area contributed by atoms with Crippen LogP contribution < -0.4 is 15.8 Å². The smallest absolute Gasteiger partial charge is 0.508 e. The molecule has 1 aliphatic heterocycles. The van der Waals surface area contributed by atoms with E-state index >= 15 is 0 Å². The molecule has 3 rings (SSSR count). The summed E-state index contributed by atoms with van der Waals surface area (Å²) in [5.41, 5.74) is 5.55. The lowest BCUT2D eigenvalue weighted by molar-refractivity contribution is -0.274. The van der Waals surface area contributed by atoms with Gasteiger partial charge in [-0.2, -0.15) is 0 Å². The summed E-state index contributed by atoms with van der Waals surface area (Å²) in [5.74, 6) is -2.49. The Labute approximate surface area is 181 Å². The molecule has 32 heavy (non-hydrogen) atoms. The molecule has 1 heterocycles. The second-order valence-electron chi connectivity index (χ2n) is 7.20. The van der Waals surface area contributed by atoms with Crippen LogP contribution >= 0.6 is 0 Å². The van der Waals surface area contributed by atoms with Gasteiger partial charge in [0.25, 0.3) is 11.8 Å². The van der Waals surface area contributed by atoms with Gasteiger partial charge in [0.05, 0.1) is 5.56 Å². The van der Waals surface area contributed by atoms with Gasteiger partial charge in [0.2, 0.25) is 0 Å². The number of carbonyl (C=O) groups is 2. The van der Waals surface area contributed by atoms with Crippen LogP contribution in [0.15, 0.2) is 36.4 Å². The van der Waals surface area contributed by atoms with Gasteiger partial charge in [-0.05, 0) is 49.2 Å². The van der Waals surface area contributed by atoms with Crippen LogP contribution in [-0.2, 0) is 6.54 Å². The number of nitrogens with two attached hydrogens (primary N) is 1. The number of hydrogen-bond donors (Lipinski definition) is 4. The minimum atomic E-state index is -5.05. The van der Waals surface area contributed by atoms with Crippen LogP contribution in [0.25, 0.3) is 0 Å². The predicted molar refractivity (Wildman–Crippen MR) is 109 cm³/mol. The number of benzene rings is 2. The minimum absolute atomic E-state index is 0.150. The number of nitrogen functional groups attached to an aromatic ring is 1. The molecular weight excluding hydrogens is 429 g/mol. The van der Waals surface area contributed by atoms with Gasteiger partial charge in [0.15, 0.2) is 0 Å². The third-order valence-corrected chi connectivity index (χ3v) is 4.92. The van der Waals surface area contributed by atoms with Gasteiger partial charge in [-0.1, -0.05) is 0 Å². The number of ether oxygens (including phenoxy) is 1. The molecule has 2 aromatic carbocycles. The molecular formula is C21H21F3N4O4. The lowest BCUT2D eigenvalue weighted by Gasteiger charge is -2.19. The Hall–Kier alpha value is -3.76. The molecule has 0 bridgehead atoms. The first-order chi connectivity index (χ1) is 15.0. The standard InChI is InChI=1S/C21H21F3N4O4/c22-21(23,24)32-17-10-13(3-5-15(17)20(31)28-7-1-2-8-28)19(30)27-11-14-9-12(18(25)26)4-6-16(14)29/h3-6,9-10,29H,1-2,7-8,11H2,(H3,25,26)(H,27,30). The monoisotopic (exact) mass is 450 g/mol. The SMILES string of the molecule is N=C(N)c1ccc(O)c(CNC(=O)c2ccc(C(=O)N3CCCC3)c(OC(F)(F)F)c2)c1. The fraction of sp³-hybridized carbons (Fsp3) is 0.286. The van der Waals surface area contributed by atoms with Crippen LogP contribution in [0.3, 0.4) is 0 Å². The first-order valence-corrected chi connectivity index (χ1v) is 9.68. The second-order valence-corrected chi connectivity index (χ2v) is 7.20. The highest BCUT2D eigenvalue weighted by molar-refractivity contribution is 6.00. The number of rotatable bonds is 6. The van der Waals surface area contributed by atoms with E-state index in [4.69, 9.17) is 11.1 Å². The molecule has 0 saturated carbocycles. The van der Waals surface area contributed by atoms with E-state index < -0.39 is 23.9 Å². The van der Waals surface area contributed by atoms with Gasteiger partial charge >= 0.3 is 6.36 Å². The summed E-state index contributed by atoms with van der Waals surface area (Å²) in [4.78, 5) is 26.5. The Kier molecular flexibility index (Phi) is 6.56. The highest BCUT2D eigenvalue weighted by Crippen LogP contribution is 2.29. The molecule has 0 aliphatic carbocycles. The van der Waals surface area contributed by atoms with Crippen LogP contribution in [0, 0.1) is 5.41 Å². The van der Waals surface area contributed by atoms with Crippen molar-refractivity contribution >= 4 is 17.6 Å². The van der Waals surface area contributed by atoms with Crippen molar-refractivity contribution in [3.05, 3.63) is 58.7 Å². The number of phenols is 1. The molecule has 11 heteroatoms. The van der Waals surface area contributed by atoms with Crippen LogP contribution in [0.5, 0.6) is 11.5 Å². The average molecular weight is 450 g/mol. The summed E-state index contributed by atoms with van der Waals surface area (Å²) >= 11 is 0. The summed E-state index contributed by atoms with van der Waals surface area (Å²) in [6, 6.07) is 7.37. The molecule has 2 aromatic rings. The zero-order valence-electron chi connectivity index (χ0n) is 16.8. The largest absolute Gasteiger partial charge is 0.573 e. The van der Waals surface area contributed by atoms with E-state index in [0.717, 1.165) is 25.0 Å². The van der Waals surface area contributed by atoms with Crippen LogP contribution in [0.4, 0.5) is 13.2 Å². The van der Waals surface area contributed by atoms with Gasteiger partial charge in [-0.25, -0.2) is 0 Å².